The Bertz CT molecular complexity index is 165. The molecule has 1 saturated heterocycles. The molecule has 1 rings (SSSR count). The second kappa shape index (κ2) is 3.92. The van der Waals surface area contributed by atoms with Crippen LogP contribution in [-0.4, -0.2) is 22.9 Å². The van der Waals surface area contributed by atoms with Gasteiger partial charge < -0.3 is 4.90 Å². The van der Waals surface area contributed by atoms with Crippen LogP contribution in [0.3, 0.4) is 0 Å². The van der Waals surface area contributed by atoms with Crippen LogP contribution in [0.1, 0.15) is 46.5 Å². The van der Waals surface area contributed by atoms with Crippen LogP contribution < -0.4 is 0 Å². The second-order valence-corrected chi connectivity index (χ2v) is 3.88. The van der Waals surface area contributed by atoms with E-state index in [4.69, 9.17) is 0 Å². The first-order valence-electron chi connectivity index (χ1n) is 4.98. The molecule has 0 aromatic rings. The molecule has 1 amide bonds. The van der Waals surface area contributed by atoms with E-state index in [0.29, 0.717) is 18.0 Å². The third kappa shape index (κ3) is 1.79. The fraction of sp³-hybridized carbons (Fsp3) is 0.900. The van der Waals surface area contributed by atoms with E-state index in [2.05, 4.69) is 25.7 Å². The van der Waals surface area contributed by atoms with Crippen molar-refractivity contribution in [3.63, 3.8) is 0 Å². The van der Waals surface area contributed by atoms with Crippen LogP contribution in [0.5, 0.6) is 0 Å². The van der Waals surface area contributed by atoms with E-state index in [1.165, 1.54) is 12.8 Å². The van der Waals surface area contributed by atoms with Crippen LogP contribution in [0, 0.1) is 0 Å². The van der Waals surface area contributed by atoms with E-state index in [1.54, 1.807) is 0 Å². The molecule has 1 atom stereocenters. The highest BCUT2D eigenvalue weighted by molar-refractivity contribution is 5.79. The summed E-state index contributed by atoms with van der Waals surface area (Å²) in [4.78, 5) is 13.5. The lowest BCUT2D eigenvalue weighted by molar-refractivity contribution is -0.130. The highest BCUT2D eigenvalue weighted by atomic mass is 16.2. The molecule has 1 unspecified atom stereocenters. The van der Waals surface area contributed by atoms with Crippen LogP contribution in [0.25, 0.3) is 0 Å². The van der Waals surface area contributed by atoms with Crippen molar-refractivity contribution in [3.8, 4) is 0 Å². The van der Waals surface area contributed by atoms with Crippen molar-refractivity contribution in [2.45, 2.75) is 58.5 Å². The van der Waals surface area contributed by atoms with Gasteiger partial charge in [0.25, 0.3) is 0 Å². The van der Waals surface area contributed by atoms with Crippen LogP contribution >= 0.6 is 0 Å². The topological polar surface area (TPSA) is 20.3 Å². The SMILES string of the molecule is CCCC1CCC(=O)N1C(C)C. The van der Waals surface area contributed by atoms with Gasteiger partial charge in [0, 0.05) is 18.5 Å². The fourth-order valence-corrected chi connectivity index (χ4v) is 2.09. The van der Waals surface area contributed by atoms with Crippen molar-refractivity contribution in [1.82, 2.24) is 4.90 Å². The van der Waals surface area contributed by atoms with Gasteiger partial charge in [0.15, 0.2) is 0 Å². The molecule has 0 aromatic carbocycles. The number of likely N-dealkylation sites (tertiary alicyclic amines) is 1. The highest BCUT2D eigenvalue weighted by Gasteiger charge is 2.31. The molecule has 0 saturated carbocycles. The first-order valence-corrected chi connectivity index (χ1v) is 4.98. The Morgan fingerprint density at radius 1 is 1.58 bits per heavy atom. The number of amides is 1. The smallest absolute Gasteiger partial charge is 0.223 e. The Morgan fingerprint density at radius 2 is 2.25 bits per heavy atom. The van der Waals surface area contributed by atoms with Gasteiger partial charge in [-0.05, 0) is 26.7 Å². The summed E-state index contributed by atoms with van der Waals surface area (Å²) >= 11 is 0. The van der Waals surface area contributed by atoms with E-state index >= 15 is 0 Å². The fourth-order valence-electron chi connectivity index (χ4n) is 2.09. The molecule has 0 aromatic heterocycles. The Labute approximate surface area is 74.9 Å². The zero-order valence-electron chi connectivity index (χ0n) is 8.34. The number of carbonyl (C=O) groups is 1. The summed E-state index contributed by atoms with van der Waals surface area (Å²) in [5, 5.41) is 0. The van der Waals surface area contributed by atoms with Crippen molar-refractivity contribution in [2.24, 2.45) is 0 Å². The molecule has 1 heterocycles. The number of hydrogen-bond acceptors (Lipinski definition) is 1. The Kier molecular flexibility index (Phi) is 3.12. The quantitative estimate of drug-likeness (QED) is 0.634. The molecule has 1 aliphatic rings. The minimum absolute atomic E-state index is 0.350. The van der Waals surface area contributed by atoms with Gasteiger partial charge in [-0.1, -0.05) is 13.3 Å². The molecule has 0 radical (unpaired) electrons. The van der Waals surface area contributed by atoms with Crippen molar-refractivity contribution < 1.29 is 4.79 Å². The number of carbonyl (C=O) groups excluding carboxylic acids is 1. The number of nitrogens with zero attached hydrogens (tertiary/aromatic N) is 1. The van der Waals surface area contributed by atoms with Gasteiger partial charge in [0.2, 0.25) is 5.91 Å². The van der Waals surface area contributed by atoms with Gasteiger partial charge in [-0.15, -0.1) is 0 Å². The van der Waals surface area contributed by atoms with Crippen LogP contribution in [0.4, 0.5) is 0 Å². The maximum absolute atomic E-state index is 11.4. The highest BCUT2D eigenvalue weighted by Crippen LogP contribution is 2.24. The van der Waals surface area contributed by atoms with Gasteiger partial charge in [0.05, 0.1) is 0 Å². The lowest BCUT2D eigenvalue weighted by atomic mass is 10.1. The van der Waals surface area contributed by atoms with E-state index in [0.717, 1.165) is 12.8 Å². The zero-order valence-corrected chi connectivity index (χ0v) is 8.34. The van der Waals surface area contributed by atoms with Gasteiger partial charge in [-0.3, -0.25) is 4.79 Å². The maximum atomic E-state index is 11.4. The van der Waals surface area contributed by atoms with E-state index in [9.17, 15) is 4.79 Å². The molecule has 70 valence electrons. The van der Waals surface area contributed by atoms with Gasteiger partial charge >= 0.3 is 0 Å². The second-order valence-electron chi connectivity index (χ2n) is 3.88. The minimum Gasteiger partial charge on any atom is -0.337 e. The molecular formula is C10H19NO. The molecule has 1 fully saturated rings. The maximum Gasteiger partial charge on any atom is 0.223 e. The summed E-state index contributed by atoms with van der Waals surface area (Å²) in [7, 11) is 0. The Hall–Kier alpha value is -0.530. The first-order chi connectivity index (χ1) is 5.66. The molecule has 0 N–H and O–H groups in total. The van der Waals surface area contributed by atoms with Crippen LogP contribution in [-0.2, 0) is 4.79 Å². The molecule has 0 aliphatic carbocycles. The first kappa shape index (κ1) is 9.56. The molecule has 1 aliphatic heterocycles. The van der Waals surface area contributed by atoms with E-state index in [1.807, 2.05) is 0 Å². The molecule has 12 heavy (non-hydrogen) atoms. The van der Waals surface area contributed by atoms with Crippen LogP contribution in [0.15, 0.2) is 0 Å². The van der Waals surface area contributed by atoms with E-state index < -0.39 is 0 Å². The zero-order chi connectivity index (χ0) is 9.14. The Balaban J connectivity index is 2.57. The summed E-state index contributed by atoms with van der Waals surface area (Å²) in [5.74, 6) is 0.350. The standard InChI is InChI=1S/C10H19NO/c1-4-5-9-6-7-10(12)11(9)8(2)3/h8-9H,4-7H2,1-3H3. The molecule has 0 spiro atoms. The summed E-state index contributed by atoms with van der Waals surface area (Å²) in [6.07, 6.45) is 4.19. The lowest BCUT2D eigenvalue weighted by Gasteiger charge is -2.28. The summed E-state index contributed by atoms with van der Waals surface area (Å²) in [5.41, 5.74) is 0. The van der Waals surface area contributed by atoms with E-state index in [-0.39, 0.29) is 0 Å². The van der Waals surface area contributed by atoms with Crippen molar-refractivity contribution in [3.05, 3.63) is 0 Å². The summed E-state index contributed by atoms with van der Waals surface area (Å²) in [6, 6.07) is 0.916. The van der Waals surface area contributed by atoms with Crippen molar-refractivity contribution >= 4 is 5.91 Å². The minimum atomic E-state index is 0.350. The molecular weight excluding hydrogens is 150 g/mol. The third-order valence-electron chi connectivity index (χ3n) is 2.55. The normalized spacial score (nSPS) is 24.2. The van der Waals surface area contributed by atoms with Gasteiger partial charge in [-0.2, -0.15) is 0 Å². The predicted octanol–water partition coefficient (Wildman–Crippen LogP) is 2.19. The Morgan fingerprint density at radius 3 is 2.75 bits per heavy atom. The number of rotatable bonds is 3. The van der Waals surface area contributed by atoms with Crippen molar-refractivity contribution in [1.29, 1.82) is 0 Å². The summed E-state index contributed by atoms with van der Waals surface area (Å²) in [6.45, 7) is 6.39. The van der Waals surface area contributed by atoms with Crippen molar-refractivity contribution in [2.75, 3.05) is 0 Å². The molecule has 2 heteroatoms. The lowest BCUT2D eigenvalue weighted by Crippen LogP contribution is -2.38. The summed E-state index contributed by atoms with van der Waals surface area (Å²) < 4.78 is 0. The number of hydrogen-bond donors (Lipinski definition) is 0. The third-order valence-corrected chi connectivity index (χ3v) is 2.55. The molecule has 0 bridgehead atoms. The average Bonchev–Trinajstić information content (AvgIpc) is 2.32. The monoisotopic (exact) mass is 169 g/mol. The van der Waals surface area contributed by atoms with Gasteiger partial charge in [0.1, 0.15) is 0 Å². The predicted molar refractivity (Wildman–Crippen MR) is 49.9 cm³/mol. The van der Waals surface area contributed by atoms with Crippen LogP contribution in [0.2, 0.25) is 0 Å². The largest absolute Gasteiger partial charge is 0.337 e. The average molecular weight is 169 g/mol. The van der Waals surface area contributed by atoms with Gasteiger partial charge in [-0.25, -0.2) is 0 Å². The molecule has 2 nitrogen and oxygen atoms in total.